The summed E-state index contributed by atoms with van der Waals surface area (Å²) in [6.07, 6.45) is 18.8. The summed E-state index contributed by atoms with van der Waals surface area (Å²) in [5.74, 6) is 2.05. The minimum atomic E-state index is 0.585. The van der Waals surface area contributed by atoms with Crippen molar-refractivity contribution in [3.05, 3.63) is 0 Å². The minimum absolute atomic E-state index is 0.585. The molecular weight excluding hydrogens is 268 g/mol. The predicted molar refractivity (Wildman–Crippen MR) is 96.2 cm³/mol. The molecule has 0 bridgehead atoms. The Balaban J connectivity index is 1.63. The third-order valence-corrected chi connectivity index (χ3v) is 6.58. The molecule has 0 aromatic heterocycles. The quantitative estimate of drug-likeness (QED) is 0.451. The number of rotatable bonds is 8. The first-order valence-electron chi connectivity index (χ1n) is 10.3. The first-order valence-corrected chi connectivity index (χ1v) is 10.3. The Bertz CT molecular complexity index is 282. The van der Waals surface area contributed by atoms with Crippen molar-refractivity contribution in [2.75, 3.05) is 6.61 Å². The largest absolute Gasteiger partial charge is 0.378 e. The van der Waals surface area contributed by atoms with Gasteiger partial charge in [-0.25, -0.2) is 0 Å². The molecule has 1 nitrogen and oxygen atoms in total. The Morgan fingerprint density at radius 2 is 1.45 bits per heavy atom. The molecule has 130 valence electrons. The van der Waals surface area contributed by atoms with Crippen LogP contribution in [-0.4, -0.2) is 12.7 Å². The van der Waals surface area contributed by atoms with Crippen LogP contribution in [0, 0.1) is 17.3 Å². The second-order valence-electron chi connectivity index (χ2n) is 8.51. The van der Waals surface area contributed by atoms with Crippen molar-refractivity contribution in [1.82, 2.24) is 0 Å². The summed E-state index contributed by atoms with van der Waals surface area (Å²) in [5, 5.41) is 0. The Hall–Kier alpha value is -0.0400. The molecule has 0 spiro atoms. The highest BCUT2D eigenvalue weighted by molar-refractivity contribution is 4.86. The van der Waals surface area contributed by atoms with Crippen molar-refractivity contribution in [2.24, 2.45) is 17.3 Å². The van der Waals surface area contributed by atoms with Gasteiger partial charge in [0.2, 0.25) is 0 Å². The lowest BCUT2D eigenvalue weighted by Crippen LogP contribution is -2.31. The van der Waals surface area contributed by atoms with E-state index in [1.165, 1.54) is 83.5 Å². The number of hydrogen-bond acceptors (Lipinski definition) is 1. The molecule has 1 heteroatoms. The van der Waals surface area contributed by atoms with Gasteiger partial charge in [-0.2, -0.15) is 0 Å². The van der Waals surface area contributed by atoms with Crippen LogP contribution < -0.4 is 0 Å². The standard InChI is InChI=1S/C21H40O/c1-4-6-7-17-22-20-10-8-18(9-11-20)19-12-15-21(3,14-5-2)16-13-19/h18-20H,4-17H2,1-3H3/t18?,19-,20?,21-. The van der Waals surface area contributed by atoms with E-state index in [4.69, 9.17) is 4.74 Å². The fourth-order valence-corrected chi connectivity index (χ4v) is 4.99. The molecule has 0 aromatic rings. The Morgan fingerprint density at radius 3 is 2.05 bits per heavy atom. The molecule has 2 fully saturated rings. The molecule has 0 saturated heterocycles. The summed E-state index contributed by atoms with van der Waals surface area (Å²) >= 11 is 0. The minimum Gasteiger partial charge on any atom is -0.378 e. The average Bonchev–Trinajstić information content (AvgIpc) is 2.53. The predicted octanol–water partition coefficient (Wildman–Crippen LogP) is 6.75. The smallest absolute Gasteiger partial charge is 0.0575 e. The first kappa shape index (κ1) is 18.3. The maximum atomic E-state index is 6.09. The zero-order chi connectivity index (χ0) is 15.8. The van der Waals surface area contributed by atoms with E-state index in [1.807, 2.05) is 0 Å². The summed E-state index contributed by atoms with van der Waals surface area (Å²) in [5.41, 5.74) is 0.671. The van der Waals surface area contributed by atoms with Crippen LogP contribution in [0.4, 0.5) is 0 Å². The Labute approximate surface area is 139 Å². The van der Waals surface area contributed by atoms with E-state index in [2.05, 4.69) is 20.8 Å². The topological polar surface area (TPSA) is 9.23 Å². The average molecular weight is 309 g/mol. The fraction of sp³-hybridized carbons (Fsp3) is 1.00. The van der Waals surface area contributed by atoms with Crippen LogP contribution >= 0.6 is 0 Å². The van der Waals surface area contributed by atoms with E-state index < -0.39 is 0 Å². The molecule has 22 heavy (non-hydrogen) atoms. The van der Waals surface area contributed by atoms with Crippen molar-refractivity contribution in [1.29, 1.82) is 0 Å². The van der Waals surface area contributed by atoms with Gasteiger partial charge in [-0.3, -0.25) is 0 Å². The molecule has 2 aliphatic rings. The first-order chi connectivity index (χ1) is 10.7. The van der Waals surface area contributed by atoms with Crippen LogP contribution in [0.5, 0.6) is 0 Å². The van der Waals surface area contributed by atoms with Crippen LogP contribution in [0.1, 0.15) is 104 Å². The number of hydrogen-bond donors (Lipinski definition) is 0. The van der Waals surface area contributed by atoms with Gasteiger partial charge in [0.25, 0.3) is 0 Å². The monoisotopic (exact) mass is 308 g/mol. The summed E-state index contributed by atoms with van der Waals surface area (Å²) in [6.45, 7) is 8.15. The van der Waals surface area contributed by atoms with E-state index in [0.29, 0.717) is 11.5 Å². The van der Waals surface area contributed by atoms with Gasteiger partial charge in [0.05, 0.1) is 6.10 Å². The van der Waals surface area contributed by atoms with Gasteiger partial charge in [-0.15, -0.1) is 0 Å². The molecule has 0 aromatic carbocycles. The number of ether oxygens (including phenoxy) is 1. The number of unbranched alkanes of at least 4 members (excludes halogenated alkanes) is 2. The summed E-state index contributed by atoms with van der Waals surface area (Å²) in [4.78, 5) is 0. The molecule has 2 saturated carbocycles. The van der Waals surface area contributed by atoms with E-state index in [0.717, 1.165) is 18.4 Å². The van der Waals surface area contributed by atoms with Crippen LogP contribution in [0.15, 0.2) is 0 Å². The highest BCUT2D eigenvalue weighted by atomic mass is 16.5. The molecular formula is C21H40O. The van der Waals surface area contributed by atoms with Crippen LogP contribution in [0.2, 0.25) is 0 Å². The van der Waals surface area contributed by atoms with Crippen molar-refractivity contribution >= 4 is 0 Å². The summed E-state index contributed by atoms with van der Waals surface area (Å²) in [6, 6.07) is 0. The van der Waals surface area contributed by atoms with Gasteiger partial charge in [0, 0.05) is 6.61 Å². The summed E-state index contributed by atoms with van der Waals surface area (Å²) in [7, 11) is 0. The maximum absolute atomic E-state index is 6.09. The highest BCUT2D eigenvalue weighted by Crippen LogP contribution is 2.46. The van der Waals surface area contributed by atoms with Crippen molar-refractivity contribution in [2.45, 2.75) is 110 Å². The molecule has 2 rings (SSSR count). The van der Waals surface area contributed by atoms with Gasteiger partial charge >= 0.3 is 0 Å². The lowest BCUT2D eigenvalue weighted by atomic mass is 9.64. The Morgan fingerprint density at radius 1 is 0.818 bits per heavy atom. The van der Waals surface area contributed by atoms with E-state index in [-0.39, 0.29) is 0 Å². The molecule has 0 aliphatic heterocycles. The van der Waals surface area contributed by atoms with Crippen molar-refractivity contribution < 1.29 is 4.74 Å². The zero-order valence-corrected chi connectivity index (χ0v) is 15.5. The molecule has 2 aliphatic carbocycles. The van der Waals surface area contributed by atoms with Gasteiger partial charge < -0.3 is 4.74 Å². The van der Waals surface area contributed by atoms with Crippen molar-refractivity contribution in [3.63, 3.8) is 0 Å². The van der Waals surface area contributed by atoms with Crippen LogP contribution in [0.25, 0.3) is 0 Å². The lowest BCUT2D eigenvalue weighted by molar-refractivity contribution is 0.00229. The normalized spacial score (nSPS) is 36.4. The second-order valence-corrected chi connectivity index (χ2v) is 8.51. The van der Waals surface area contributed by atoms with Gasteiger partial charge in [0.1, 0.15) is 0 Å². The molecule has 0 N–H and O–H groups in total. The Kier molecular flexibility index (Phi) is 7.74. The SMILES string of the molecule is CCCCCOC1CCC([C@H]2CC[C@](C)(CCC)CC2)CC1. The summed E-state index contributed by atoms with van der Waals surface area (Å²) < 4.78 is 6.09. The van der Waals surface area contributed by atoms with Gasteiger partial charge in [-0.05, 0) is 81.5 Å². The van der Waals surface area contributed by atoms with E-state index in [1.54, 1.807) is 0 Å². The van der Waals surface area contributed by atoms with Crippen LogP contribution in [0.3, 0.4) is 0 Å². The zero-order valence-electron chi connectivity index (χ0n) is 15.5. The fourth-order valence-electron chi connectivity index (χ4n) is 4.99. The third-order valence-electron chi connectivity index (χ3n) is 6.58. The van der Waals surface area contributed by atoms with E-state index in [9.17, 15) is 0 Å². The lowest BCUT2D eigenvalue weighted by Gasteiger charge is -2.42. The van der Waals surface area contributed by atoms with Crippen LogP contribution in [-0.2, 0) is 4.74 Å². The molecule has 0 unspecified atom stereocenters. The maximum Gasteiger partial charge on any atom is 0.0575 e. The van der Waals surface area contributed by atoms with Crippen molar-refractivity contribution in [3.8, 4) is 0 Å². The van der Waals surface area contributed by atoms with Gasteiger partial charge in [0.15, 0.2) is 0 Å². The highest BCUT2D eigenvalue weighted by Gasteiger charge is 2.35. The molecule has 0 radical (unpaired) electrons. The second kappa shape index (κ2) is 9.30. The van der Waals surface area contributed by atoms with E-state index >= 15 is 0 Å². The van der Waals surface area contributed by atoms with Gasteiger partial charge in [-0.1, -0.05) is 40.0 Å². The molecule has 0 atom stereocenters. The molecule has 0 heterocycles. The molecule has 0 amide bonds. The third kappa shape index (κ3) is 5.55.